The van der Waals surface area contributed by atoms with E-state index in [-0.39, 0.29) is 11.7 Å². The molecule has 4 nitrogen and oxygen atoms in total. The zero-order chi connectivity index (χ0) is 15.4. The standard InChI is InChI=1S/C14H18N2O2S3/c1-10-13(20-11(2)15-10)8-21(18)9-14(17)16(3)7-12-5-4-6-19-12/h4-6H,7-9H2,1-3H3/t21-/m0/s1. The fourth-order valence-electron chi connectivity index (χ4n) is 1.88. The van der Waals surface area contributed by atoms with E-state index in [0.29, 0.717) is 12.3 Å². The van der Waals surface area contributed by atoms with Crippen LogP contribution in [0.4, 0.5) is 0 Å². The summed E-state index contributed by atoms with van der Waals surface area (Å²) in [5, 5.41) is 2.96. The Hall–Kier alpha value is -1.05. The second-order valence-electron chi connectivity index (χ2n) is 4.80. The molecule has 0 aromatic carbocycles. The second kappa shape index (κ2) is 7.29. The summed E-state index contributed by atoms with van der Waals surface area (Å²) < 4.78 is 12.1. The van der Waals surface area contributed by atoms with E-state index in [0.717, 1.165) is 20.5 Å². The minimum atomic E-state index is -1.18. The third kappa shape index (κ3) is 4.72. The summed E-state index contributed by atoms with van der Waals surface area (Å²) in [6.07, 6.45) is 0. The van der Waals surface area contributed by atoms with E-state index in [9.17, 15) is 9.00 Å². The average molecular weight is 343 g/mol. The molecule has 1 amide bonds. The highest BCUT2D eigenvalue weighted by atomic mass is 32.2. The molecule has 0 spiro atoms. The molecule has 0 aliphatic rings. The number of thiazole rings is 1. The third-order valence-corrected chi connectivity index (χ3v) is 6.27. The second-order valence-corrected chi connectivity index (χ2v) is 8.58. The Morgan fingerprint density at radius 1 is 1.43 bits per heavy atom. The Morgan fingerprint density at radius 2 is 2.19 bits per heavy atom. The van der Waals surface area contributed by atoms with Gasteiger partial charge in [-0.25, -0.2) is 4.98 Å². The quantitative estimate of drug-likeness (QED) is 0.811. The highest BCUT2D eigenvalue weighted by Crippen LogP contribution is 2.19. The predicted molar refractivity (Wildman–Crippen MR) is 89.1 cm³/mol. The molecule has 0 saturated heterocycles. The molecule has 2 heterocycles. The van der Waals surface area contributed by atoms with E-state index in [4.69, 9.17) is 0 Å². The molecule has 0 aliphatic heterocycles. The van der Waals surface area contributed by atoms with Crippen molar-refractivity contribution in [3.8, 4) is 0 Å². The maximum atomic E-state index is 12.1. The van der Waals surface area contributed by atoms with Crippen LogP contribution < -0.4 is 0 Å². The van der Waals surface area contributed by atoms with Crippen molar-refractivity contribution in [2.75, 3.05) is 12.8 Å². The van der Waals surface area contributed by atoms with Crippen molar-refractivity contribution in [2.45, 2.75) is 26.1 Å². The van der Waals surface area contributed by atoms with Crippen molar-refractivity contribution in [3.63, 3.8) is 0 Å². The van der Waals surface area contributed by atoms with Gasteiger partial charge in [0.2, 0.25) is 5.91 Å². The van der Waals surface area contributed by atoms with Crippen LogP contribution >= 0.6 is 22.7 Å². The Kier molecular flexibility index (Phi) is 5.66. The molecule has 7 heteroatoms. The molecule has 2 aromatic heterocycles. The first-order valence-electron chi connectivity index (χ1n) is 6.50. The van der Waals surface area contributed by atoms with Gasteiger partial charge in [-0.1, -0.05) is 6.07 Å². The number of aromatic nitrogens is 1. The Labute approximate surface area is 135 Å². The van der Waals surface area contributed by atoms with E-state index < -0.39 is 10.8 Å². The summed E-state index contributed by atoms with van der Waals surface area (Å²) in [7, 11) is 0.567. The lowest BCUT2D eigenvalue weighted by molar-refractivity contribution is -0.127. The lowest BCUT2D eigenvalue weighted by Gasteiger charge is -2.15. The molecule has 0 unspecified atom stereocenters. The first kappa shape index (κ1) is 16.3. The number of thiophene rings is 1. The van der Waals surface area contributed by atoms with Crippen LogP contribution in [0, 0.1) is 13.8 Å². The van der Waals surface area contributed by atoms with Gasteiger partial charge in [0.05, 0.1) is 23.0 Å². The first-order chi connectivity index (χ1) is 9.95. The molecule has 2 aromatic rings. The van der Waals surface area contributed by atoms with Crippen molar-refractivity contribution in [3.05, 3.63) is 38.0 Å². The largest absolute Gasteiger partial charge is 0.340 e. The SMILES string of the molecule is Cc1nc(C)c(C[S@](=O)CC(=O)N(C)Cc2cccs2)s1. The number of hydrogen-bond acceptors (Lipinski definition) is 5. The number of carbonyl (C=O) groups is 1. The van der Waals surface area contributed by atoms with Crippen LogP contribution in [0.1, 0.15) is 20.5 Å². The molecule has 0 aliphatic carbocycles. The van der Waals surface area contributed by atoms with Gasteiger partial charge in [-0.05, 0) is 25.3 Å². The van der Waals surface area contributed by atoms with Crippen molar-refractivity contribution in [1.82, 2.24) is 9.88 Å². The summed E-state index contributed by atoms with van der Waals surface area (Å²) in [5.41, 5.74) is 0.922. The molecule has 1 atom stereocenters. The first-order valence-corrected chi connectivity index (χ1v) is 9.68. The maximum absolute atomic E-state index is 12.1. The lowest BCUT2D eigenvalue weighted by atomic mass is 10.4. The zero-order valence-corrected chi connectivity index (χ0v) is 14.7. The highest BCUT2D eigenvalue weighted by molar-refractivity contribution is 7.85. The van der Waals surface area contributed by atoms with E-state index in [1.807, 2.05) is 31.4 Å². The maximum Gasteiger partial charge on any atom is 0.235 e. The van der Waals surface area contributed by atoms with Gasteiger partial charge in [0.1, 0.15) is 5.75 Å². The fourth-order valence-corrected chi connectivity index (χ4v) is 5.10. The topological polar surface area (TPSA) is 50.3 Å². The number of aryl methyl sites for hydroxylation is 2. The fraction of sp³-hybridized carbons (Fsp3) is 0.429. The van der Waals surface area contributed by atoms with Crippen LogP contribution in [0.3, 0.4) is 0 Å². The number of nitrogens with zero attached hydrogens (tertiary/aromatic N) is 2. The van der Waals surface area contributed by atoms with Crippen LogP contribution in [0.2, 0.25) is 0 Å². The van der Waals surface area contributed by atoms with Crippen molar-refractivity contribution < 1.29 is 9.00 Å². The molecule has 0 fully saturated rings. The monoisotopic (exact) mass is 342 g/mol. The Bertz CT molecular complexity index is 635. The molecule has 114 valence electrons. The van der Waals surface area contributed by atoms with Crippen molar-refractivity contribution in [1.29, 1.82) is 0 Å². The van der Waals surface area contributed by atoms with Crippen LogP contribution in [-0.2, 0) is 27.9 Å². The Morgan fingerprint density at radius 3 is 2.76 bits per heavy atom. The van der Waals surface area contributed by atoms with E-state index >= 15 is 0 Å². The number of rotatable bonds is 6. The number of carbonyl (C=O) groups excluding carboxylic acids is 1. The minimum absolute atomic E-state index is 0.0677. The van der Waals surface area contributed by atoms with Crippen molar-refractivity contribution >= 4 is 39.4 Å². The van der Waals surface area contributed by atoms with E-state index in [1.54, 1.807) is 34.6 Å². The van der Waals surface area contributed by atoms with Gasteiger partial charge < -0.3 is 4.90 Å². The van der Waals surface area contributed by atoms with Crippen LogP contribution in [-0.4, -0.2) is 32.8 Å². The summed E-state index contributed by atoms with van der Waals surface area (Å²) in [6, 6.07) is 3.96. The molecule has 0 saturated carbocycles. The highest BCUT2D eigenvalue weighted by Gasteiger charge is 2.16. The predicted octanol–water partition coefficient (Wildman–Crippen LogP) is 2.73. The van der Waals surface area contributed by atoms with Gasteiger partial charge in [0.25, 0.3) is 0 Å². The van der Waals surface area contributed by atoms with Crippen LogP contribution in [0.15, 0.2) is 17.5 Å². The lowest BCUT2D eigenvalue weighted by Crippen LogP contribution is -2.30. The summed E-state index contributed by atoms with van der Waals surface area (Å²) in [6.45, 7) is 4.43. The Balaban J connectivity index is 1.87. The minimum Gasteiger partial charge on any atom is -0.340 e. The number of amides is 1. The smallest absolute Gasteiger partial charge is 0.235 e. The van der Waals surface area contributed by atoms with Crippen molar-refractivity contribution in [2.24, 2.45) is 0 Å². The normalized spacial score (nSPS) is 12.3. The molecular weight excluding hydrogens is 324 g/mol. The molecule has 0 N–H and O–H groups in total. The molecule has 0 bridgehead atoms. The molecular formula is C14H18N2O2S3. The molecule has 0 radical (unpaired) electrons. The molecule has 2 rings (SSSR count). The average Bonchev–Trinajstić information content (AvgIpc) is 3.00. The van der Waals surface area contributed by atoms with Gasteiger partial charge in [0.15, 0.2) is 0 Å². The summed E-state index contributed by atoms with van der Waals surface area (Å²) >= 11 is 3.17. The zero-order valence-electron chi connectivity index (χ0n) is 12.3. The van der Waals surface area contributed by atoms with Gasteiger partial charge in [-0.15, -0.1) is 22.7 Å². The van der Waals surface area contributed by atoms with Gasteiger partial charge in [0, 0.05) is 27.6 Å². The van der Waals surface area contributed by atoms with Crippen LogP contribution in [0.5, 0.6) is 0 Å². The van der Waals surface area contributed by atoms with Gasteiger partial charge in [-0.3, -0.25) is 9.00 Å². The van der Waals surface area contributed by atoms with E-state index in [1.165, 1.54) is 0 Å². The van der Waals surface area contributed by atoms with Gasteiger partial charge in [-0.2, -0.15) is 0 Å². The van der Waals surface area contributed by atoms with Crippen LogP contribution in [0.25, 0.3) is 0 Å². The number of hydrogen-bond donors (Lipinski definition) is 0. The summed E-state index contributed by atoms with van der Waals surface area (Å²) in [4.78, 5) is 20.2. The molecule has 21 heavy (non-hydrogen) atoms. The van der Waals surface area contributed by atoms with E-state index in [2.05, 4.69) is 4.98 Å². The third-order valence-electron chi connectivity index (χ3n) is 2.98. The summed E-state index contributed by atoms with van der Waals surface area (Å²) in [5.74, 6) is 0.398. The van der Waals surface area contributed by atoms with Gasteiger partial charge >= 0.3 is 0 Å².